The van der Waals surface area contributed by atoms with Crippen molar-refractivity contribution in [2.24, 2.45) is 0 Å². The molecule has 0 bridgehead atoms. The van der Waals surface area contributed by atoms with E-state index < -0.39 is 0 Å². The second-order valence-electron chi connectivity index (χ2n) is 6.13. The van der Waals surface area contributed by atoms with Gasteiger partial charge in [-0.25, -0.2) is 0 Å². The minimum absolute atomic E-state index is 0.00966. The summed E-state index contributed by atoms with van der Waals surface area (Å²) in [5, 5.41) is 13.0. The van der Waals surface area contributed by atoms with Gasteiger partial charge in [0.15, 0.2) is 0 Å². The Morgan fingerprint density at radius 1 is 1.00 bits per heavy atom. The molecule has 0 spiro atoms. The lowest BCUT2D eigenvalue weighted by Gasteiger charge is -2.12. The van der Waals surface area contributed by atoms with Crippen LogP contribution in [-0.2, 0) is 0 Å². The molecule has 1 amide bonds. The average Bonchev–Trinajstić information content (AvgIpc) is 2.62. The van der Waals surface area contributed by atoms with E-state index in [1.807, 2.05) is 78.9 Å². The number of nitrogens with one attached hydrogen (secondary N) is 1. The summed E-state index contributed by atoms with van der Waals surface area (Å²) in [5.41, 5.74) is 2.96. The molecule has 0 saturated carbocycles. The average molecular weight is 585 g/mol. The van der Waals surface area contributed by atoms with Crippen molar-refractivity contribution >= 4 is 56.8 Å². The third kappa shape index (κ3) is 4.92. The maximum Gasteiger partial charge on any atom is 0.259 e. The van der Waals surface area contributed by atoms with E-state index in [1.54, 1.807) is 12.1 Å². The molecule has 0 aliphatic heterocycles. The zero-order valence-electron chi connectivity index (χ0n) is 14.7. The Kier molecular flexibility index (Phi) is 6.25. The third-order valence-electron chi connectivity index (χ3n) is 3.95. The first-order valence-corrected chi connectivity index (χ1v) is 10.3. The lowest BCUT2D eigenvalue weighted by atomic mass is 10.1. The Bertz CT molecular complexity index is 1000. The number of carbonyl (C=O) groups is 1. The monoisotopic (exact) mass is 585 g/mol. The Morgan fingerprint density at radius 3 is 2.37 bits per heavy atom. The summed E-state index contributed by atoms with van der Waals surface area (Å²) < 4.78 is 7.43. The first kappa shape index (κ1) is 19.9. The predicted molar refractivity (Wildman–Crippen MR) is 124 cm³/mol. The first-order valence-electron chi connectivity index (χ1n) is 8.18. The van der Waals surface area contributed by atoms with Gasteiger partial charge in [-0.2, -0.15) is 0 Å². The highest BCUT2D eigenvalue weighted by Gasteiger charge is 2.15. The Balaban J connectivity index is 1.78. The van der Waals surface area contributed by atoms with Crippen LogP contribution in [0, 0.1) is 21.0 Å². The van der Waals surface area contributed by atoms with E-state index in [0.717, 1.165) is 20.6 Å². The minimum atomic E-state index is -0.351. The van der Waals surface area contributed by atoms with Crippen LogP contribution in [0.5, 0.6) is 17.2 Å². The molecule has 0 unspecified atom stereocenters. The molecule has 138 valence electrons. The Labute approximate surface area is 185 Å². The maximum atomic E-state index is 12.5. The van der Waals surface area contributed by atoms with Crippen molar-refractivity contribution in [2.45, 2.75) is 13.8 Å². The van der Waals surface area contributed by atoms with Crippen molar-refractivity contribution in [1.82, 2.24) is 0 Å². The van der Waals surface area contributed by atoms with Gasteiger partial charge in [-0.05, 0) is 107 Å². The second kappa shape index (κ2) is 8.47. The largest absolute Gasteiger partial charge is 0.506 e. The number of phenols is 1. The van der Waals surface area contributed by atoms with Crippen LogP contribution in [0.3, 0.4) is 0 Å². The van der Waals surface area contributed by atoms with Crippen LogP contribution in [0.1, 0.15) is 21.5 Å². The fraction of sp³-hybridized carbons (Fsp3) is 0.0952. The molecule has 0 radical (unpaired) electrons. The van der Waals surface area contributed by atoms with Gasteiger partial charge in [-0.3, -0.25) is 4.79 Å². The Hall–Kier alpha value is -1.81. The van der Waals surface area contributed by atoms with Crippen LogP contribution in [0.15, 0.2) is 54.6 Å². The van der Waals surface area contributed by atoms with Gasteiger partial charge in [0.1, 0.15) is 17.2 Å². The Morgan fingerprint density at radius 2 is 1.70 bits per heavy atom. The number of halogens is 2. The van der Waals surface area contributed by atoms with Gasteiger partial charge in [0.05, 0.1) is 9.13 Å². The maximum absolute atomic E-state index is 12.5. The number of aromatic hydroxyl groups is 1. The number of aryl methyl sites for hydroxylation is 2. The topological polar surface area (TPSA) is 58.6 Å². The van der Waals surface area contributed by atoms with Crippen molar-refractivity contribution in [3.63, 3.8) is 0 Å². The number of amides is 1. The van der Waals surface area contributed by atoms with Crippen LogP contribution >= 0.6 is 45.2 Å². The molecule has 0 heterocycles. The lowest BCUT2D eigenvalue weighted by Crippen LogP contribution is -2.13. The fourth-order valence-electron chi connectivity index (χ4n) is 2.51. The normalized spacial score (nSPS) is 10.5. The number of rotatable bonds is 4. The van der Waals surface area contributed by atoms with Gasteiger partial charge in [0, 0.05) is 9.26 Å². The predicted octanol–water partition coefficient (Wildman–Crippen LogP) is 6.26. The molecule has 2 N–H and O–H groups in total. The van der Waals surface area contributed by atoms with Gasteiger partial charge in [0.25, 0.3) is 5.91 Å². The zero-order valence-corrected chi connectivity index (χ0v) is 19.0. The highest BCUT2D eigenvalue weighted by atomic mass is 127. The second-order valence-corrected chi connectivity index (χ2v) is 8.54. The van der Waals surface area contributed by atoms with E-state index >= 15 is 0 Å². The molecule has 3 rings (SSSR count). The van der Waals surface area contributed by atoms with Crippen LogP contribution < -0.4 is 10.1 Å². The zero-order chi connectivity index (χ0) is 19.6. The molecule has 3 aromatic carbocycles. The molecule has 0 atom stereocenters. The quantitative estimate of drug-likeness (QED) is 0.356. The number of hydrogen-bond donors (Lipinski definition) is 2. The number of anilines is 1. The van der Waals surface area contributed by atoms with Crippen LogP contribution in [0.2, 0.25) is 0 Å². The molecule has 0 aliphatic rings. The lowest BCUT2D eigenvalue weighted by molar-refractivity contribution is 0.102. The van der Waals surface area contributed by atoms with Gasteiger partial charge in [0.2, 0.25) is 0 Å². The molecule has 0 aliphatic carbocycles. The summed E-state index contributed by atoms with van der Waals surface area (Å²) >= 11 is 4.13. The summed E-state index contributed by atoms with van der Waals surface area (Å²) in [6.45, 7) is 3.95. The van der Waals surface area contributed by atoms with Crippen molar-refractivity contribution in [3.05, 3.63) is 78.4 Å². The highest BCUT2D eigenvalue weighted by molar-refractivity contribution is 14.1. The van der Waals surface area contributed by atoms with E-state index in [0.29, 0.717) is 9.26 Å². The van der Waals surface area contributed by atoms with E-state index in [1.165, 1.54) is 5.56 Å². The SMILES string of the molecule is Cc1ccc(Oc2ccc(NC(=O)c3cc(I)cc(I)c3O)cc2C)cc1. The molecular formula is C21H17I2NO3. The number of carbonyl (C=O) groups excluding carboxylic acids is 1. The highest BCUT2D eigenvalue weighted by Crippen LogP contribution is 2.30. The van der Waals surface area contributed by atoms with Gasteiger partial charge < -0.3 is 15.2 Å². The first-order chi connectivity index (χ1) is 12.8. The summed E-state index contributed by atoms with van der Waals surface area (Å²) in [4.78, 5) is 12.5. The molecule has 0 fully saturated rings. The van der Waals surface area contributed by atoms with Crippen LogP contribution in [0.25, 0.3) is 0 Å². The molecule has 6 heteroatoms. The van der Waals surface area contributed by atoms with E-state index in [-0.39, 0.29) is 17.2 Å². The van der Waals surface area contributed by atoms with Crippen LogP contribution in [-0.4, -0.2) is 11.0 Å². The summed E-state index contributed by atoms with van der Waals surface area (Å²) in [5.74, 6) is 1.13. The number of phenolic OH excluding ortho intramolecular Hbond substituents is 1. The number of hydrogen-bond acceptors (Lipinski definition) is 3. The summed E-state index contributed by atoms with van der Waals surface area (Å²) in [6.07, 6.45) is 0. The summed E-state index contributed by atoms with van der Waals surface area (Å²) in [6, 6.07) is 16.8. The van der Waals surface area contributed by atoms with E-state index in [9.17, 15) is 9.90 Å². The van der Waals surface area contributed by atoms with E-state index in [4.69, 9.17) is 4.74 Å². The smallest absolute Gasteiger partial charge is 0.259 e. The van der Waals surface area contributed by atoms with Gasteiger partial charge in [-0.1, -0.05) is 17.7 Å². The van der Waals surface area contributed by atoms with Gasteiger partial charge >= 0.3 is 0 Å². The van der Waals surface area contributed by atoms with Crippen molar-refractivity contribution in [3.8, 4) is 17.2 Å². The van der Waals surface area contributed by atoms with Gasteiger partial charge in [-0.15, -0.1) is 0 Å². The molecule has 0 saturated heterocycles. The molecule has 27 heavy (non-hydrogen) atoms. The fourth-order valence-corrected chi connectivity index (χ4v) is 4.36. The van der Waals surface area contributed by atoms with Crippen molar-refractivity contribution < 1.29 is 14.6 Å². The number of ether oxygens (including phenoxy) is 1. The van der Waals surface area contributed by atoms with Crippen molar-refractivity contribution in [1.29, 1.82) is 0 Å². The molecule has 0 aromatic heterocycles. The van der Waals surface area contributed by atoms with Crippen LogP contribution in [0.4, 0.5) is 5.69 Å². The minimum Gasteiger partial charge on any atom is -0.506 e. The molecular weight excluding hydrogens is 568 g/mol. The molecule has 4 nitrogen and oxygen atoms in total. The standard InChI is InChI=1S/C21H17I2NO3/c1-12-3-6-16(7-4-12)27-19-8-5-15(9-13(19)2)24-21(26)17-10-14(22)11-18(23)20(17)25/h3-11,25H,1-2H3,(H,24,26). The summed E-state index contributed by atoms with van der Waals surface area (Å²) in [7, 11) is 0. The van der Waals surface area contributed by atoms with Crippen molar-refractivity contribution in [2.75, 3.05) is 5.32 Å². The van der Waals surface area contributed by atoms with E-state index in [2.05, 4.69) is 27.9 Å². The number of benzene rings is 3. The molecule has 3 aromatic rings. The third-order valence-corrected chi connectivity index (χ3v) is 5.40.